The molecule has 0 aromatic carbocycles. The van der Waals surface area contributed by atoms with Crippen molar-refractivity contribution in [3.05, 3.63) is 11.8 Å². The van der Waals surface area contributed by atoms with Gasteiger partial charge < -0.3 is 11.5 Å². The van der Waals surface area contributed by atoms with Gasteiger partial charge in [0.25, 0.3) is 0 Å². The minimum Gasteiger partial charge on any atom is -0.401 e. The van der Waals surface area contributed by atoms with Crippen LogP contribution in [0.3, 0.4) is 0 Å². The molecule has 7 heavy (non-hydrogen) atoms. The Morgan fingerprint density at radius 2 is 2.29 bits per heavy atom. The van der Waals surface area contributed by atoms with Crippen molar-refractivity contribution in [2.75, 3.05) is 6.54 Å². The van der Waals surface area contributed by atoms with Gasteiger partial charge in [0.05, 0.1) is 0 Å². The van der Waals surface area contributed by atoms with Crippen molar-refractivity contribution in [2.24, 2.45) is 11.5 Å². The summed E-state index contributed by atoms with van der Waals surface area (Å²) in [5.74, 6) is 0. The first-order chi connectivity index (χ1) is 3.31. The molecule has 0 saturated carbocycles. The molecule has 0 unspecified atom stereocenters. The lowest BCUT2D eigenvalue weighted by Crippen LogP contribution is -2.10. The van der Waals surface area contributed by atoms with Crippen LogP contribution in [0.1, 0.15) is 13.3 Å². The highest BCUT2D eigenvalue weighted by molar-refractivity contribution is 4.96. The molecule has 0 rings (SSSR count). The smallest absolute Gasteiger partial charge is 0.0323 e. The van der Waals surface area contributed by atoms with E-state index in [0.717, 1.165) is 12.1 Å². The van der Waals surface area contributed by atoms with Crippen molar-refractivity contribution in [2.45, 2.75) is 13.3 Å². The highest BCUT2D eigenvalue weighted by Crippen LogP contribution is 1.81. The van der Waals surface area contributed by atoms with Gasteiger partial charge in [0, 0.05) is 12.2 Å². The average Bonchev–Trinajstić information content (AvgIpc) is 1.68. The molecular weight excluding hydrogens is 88.1 g/mol. The number of allylic oxidation sites excluding steroid dienone is 1. The molecule has 0 amide bonds. The van der Waals surface area contributed by atoms with Crippen molar-refractivity contribution in [3.8, 4) is 0 Å². The van der Waals surface area contributed by atoms with Gasteiger partial charge >= 0.3 is 0 Å². The molecule has 0 aliphatic rings. The largest absolute Gasteiger partial charge is 0.401 e. The monoisotopic (exact) mass is 100 g/mol. The standard InChI is InChI=1S/C5H12N2/c1-2-3-5(7)4-6/h3H,2,4,6-7H2,1H3. The first kappa shape index (κ1) is 6.50. The molecule has 42 valence electrons. The Balaban J connectivity index is 3.29. The van der Waals surface area contributed by atoms with Crippen LogP contribution in [0.2, 0.25) is 0 Å². The molecular formula is C5H12N2. The molecule has 2 heteroatoms. The summed E-state index contributed by atoms with van der Waals surface area (Å²) in [7, 11) is 0. The summed E-state index contributed by atoms with van der Waals surface area (Å²) < 4.78 is 0. The van der Waals surface area contributed by atoms with Crippen LogP contribution in [0, 0.1) is 0 Å². The summed E-state index contributed by atoms with van der Waals surface area (Å²) in [4.78, 5) is 0. The van der Waals surface area contributed by atoms with Crippen LogP contribution in [0.15, 0.2) is 11.8 Å². The van der Waals surface area contributed by atoms with Crippen LogP contribution in [0.25, 0.3) is 0 Å². The molecule has 2 nitrogen and oxygen atoms in total. The van der Waals surface area contributed by atoms with E-state index in [9.17, 15) is 0 Å². The van der Waals surface area contributed by atoms with Crippen LogP contribution in [0.4, 0.5) is 0 Å². The van der Waals surface area contributed by atoms with E-state index in [0.29, 0.717) is 6.54 Å². The molecule has 0 radical (unpaired) electrons. The zero-order valence-electron chi connectivity index (χ0n) is 4.65. The normalized spacial score (nSPS) is 12.0. The van der Waals surface area contributed by atoms with Gasteiger partial charge in [-0.1, -0.05) is 13.0 Å². The fraction of sp³-hybridized carbons (Fsp3) is 0.600. The SMILES string of the molecule is CCC=C(N)CN. The van der Waals surface area contributed by atoms with Gasteiger partial charge in [0.1, 0.15) is 0 Å². The fourth-order valence-electron chi connectivity index (χ4n) is 0.346. The van der Waals surface area contributed by atoms with Gasteiger partial charge in [-0.25, -0.2) is 0 Å². The highest BCUT2D eigenvalue weighted by atomic mass is 14.7. The minimum atomic E-state index is 0.480. The topological polar surface area (TPSA) is 52.0 Å². The van der Waals surface area contributed by atoms with Crippen molar-refractivity contribution >= 4 is 0 Å². The number of nitrogens with two attached hydrogens (primary N) is 2. The van der Waals surface area contributed by atoms with Crippen molar-refractivity contribution in [1.82, 2.24) is 0 Å². The van der Waals surface area contributed by atoms with Crippen molar-refractivity contribution in [1.29, 1.82) is 0 Å². The maximum Gasteiger partial charge on any atom is 0.0323 e. The Kier molecular flexibility index (Phi) is 3.42. The van der Waals surface area contributed by atoms with Gasteiger partial charge in [-0.15, -0.1) is 0 Å². The molecule has 0 bridgehead atoms. The molecule has 0 aliphatic heterocycles. The maximum absolute atomic E-state index is 5.32. The first-order valence-electron chi connectivity index (χ1n) is 2.45. The van der Waals surface area contributed by atoms with Gasteiger partial charge in [-0.3, -0.25) is 0 Å². The number of rotatable bonds is 2. The zero-order valence-corrected chi connectivity index (χ0v) is 4.65. The lowest BCUT2D eigenvalue weighted by molar-refractivity contribution is 1.06. The average molecular weight is 100 g/mol. The lowest BCUT2D eigenvalue weighted by atomic mass is 10.3. The molecule has 0 saturated heterocycles. The Bertz CT molecular complexity index is 66.5. The molecule has 0 spiro atoms. The van der Waals surface area contributed by atoms with E-state index in [4.69, 9.17) is 11.5 Å². The van der Waals surface area contributed by atoms with Crippen LogP contribution in [-0.4, -0.2) is 6.54 Å². The predicted octanol–water partition coefficient (Wildman–Crippen LogP) is 0.198. The number of hydrogen-bond donors (Lipinski definition) is 2. The van der Waals surface area contributed by atoms with Gasteiger partial charge in [0.2, 0.25) is 0 Å². The van der Waals surface area contributed by atoms with Gasteiger partial charge in [-0.2, -0.15) is 0 Å². The molecule has 0 aromatic heterocycles. The second-order valence-electron chi connectivity index (χ2n) is 1.39. The summed E-state index contributed by atoms with van der Waals surface area (Å²) in [6.45, 7) is 2.51. The van der Waals surface area contributed by atoms with Crippen LogP contribution in [0.5, 0.6) is 0 Å². The Morgan fingerprint density at radius 3 is 2.43 bits per heavy atom. The summed E-state index contributed by atoms with van der Waals surface area (Å²) in [5, 5.41) is 0. The molecule has 4 N–H and O–H groups in total. The Labute approximate surface area is 44.2 Å². The fourth-order valence-corrected chi connectivity index (χ4v) is 0.346. The third kappa shape index (κ3) is 3.33. The molecule has 0 heterocycles. The van der Waals surface area contributed by atoms with Crippen molar-refractivity contribution in [3.63, 3.8) is 0 Å². The van der Waals surface area contributed by atoms with E-state index in [1.807, 2.05) is 13.0 Å². The zero-order chi connectivity index (χ0) is 5.70. The summed E-state index contributed by atoms with van der Waals surface area (Å²) >= 11 is 0. The Hall–Kier alpha value is -0.500. The first-order valence-corrected chi connectivity index (χ1v) is 2.45. The van der Waals surface area contributed by atoms with E-state index in [1.54, 1.807) is 0 Å². The van der Waals surface area contributed by atoms with E-state index < -0.39 is 0 Å². The predicted molar refractivity (Wildman–Crippen MR) is 31.6 cm³/mol. The summed E-state index contributed by atoms with van der Waals surface area (Å²) in [6.07, 6.45) is 2.89. The summed E-state index contributed by atoms with van der Waals surface area (Å²) in [5.41, 5.74) is 11.3. The van der Waals surface area contributed by atoms with Crippen LogP contribution in [-0.2, 0) is 0 Å². The van der Waals surface area contributed by atoms with Crippen LogP contribution >= 0.6 is 0 Å². The van der Waals surface area contributed by atoms with Crippen LogP contribution < -0.4 is 11.5 Å². The second-order valence-corrected chi connectivity index (χ2v) is 1.39. The number of hydrogen-bond acceptors (Lipinski definition) is 2. The minimum absolute atomic E-state index is 0.480. The quantitative estimate of drug-likeness (QED) is 0.520. The third-order valence-electron chi connectivity index (χ3n) is 0.702. The maximum atomic E-state index is 5.32. The molecule has 0 fully saturated rings. The van der Waals surface area contributed by atoms with E-state index >= 15 is 0 Å². The third-order valence-corrected chi connectivity index (χ3v) is 0.702. The molecule has 0 aromatic rings. The lowest BCUT2D eigenvalue weighted by Gasteiger charge is -1.89. The van der Waals surface area contributed by atoms with Crippen molar-refractivity contribution < 1.29 is 0 Å². The highest BCUT2D eigenvalue weighted by Gasteiger charge is 1.77. The van der Waals surface area contributed by atoms with E-state index in [1.165, 1.54) is 0 Å². The van der Waals surface area contributed by atoms with E-state index in [2.05, 4.69) is 0 Å². The summed E-state index contributed by atoms with van der Waals surface area (Å²) in [6, 6.07) is 0. The van der Waals surface area contributed by atoms with Gasteiger partial charge in [0.15, 0.2) is 0 Å². The molecule has 0 atom stereocenters. The second kappa shape index (κ2) is 3.68. The van der Waals surface area contributed by atoms with E-state index in [-0.39, 0.29) is 0 Å². The Morgan fingerprint density at radius 1 is 1.71 bits per heavy atom. The molecule has 0 aliphatic carbocycles. The van der Waals surface area contributed by atoms with Gasteiger partial charge in [-0.05, 0) is 6.42 Å².